The van der Waals surface area contributed by atoms with Gasteiger partial charge in [0.2, 0.25) is 0 Å². The van der Waals surface area contributed by atoms with E-state index in [0.717, 1.165) is 53.5 Å². The lowest BCUT2D eigenvalue weighted by atomic mass is 10.1. The molecule has 2 rings (SSSR count). The zero-order valence-electron chi connectivity index (χ0n) is 11.0. The molecule has 0 aliphatic carbocycles. The van der Waals surface area contributed by atoms with Crippen LogP contribution in [0.2, 0.25) is 0 Å². The normalized spacial score (nSPS) is 11.0. The molecule has 2 aromatic rings. The van der Waals surface area contributed by atoms with Crippen LogP contribution in [0.1, 0.15) is 11.1 Å². The molecule has 0 unspecified atom stereocenters. The van der Waals surface area contributed by atoms with Gasteiger partial charge in [0.15, 0.2) is 0 Å². The van der Waals surface area contributed by atoms with Gasteiger partial charge in [-0.3, -0.25) is 0 Å². The molecule has 0 amide bonds. The zero-order valence-corrected chi connectivity index (χ0v) is 23.7. The molecule has 2 aromatic carbocycles. The fourth-order valence-electron chi connectivity index (χ4n) is 1.78. The Kier molecular flexibility index (Phi) is 8.67. The Hall–Kier alpha value is 2.08. The van der Waals surface area contributed by atoms with Gasteiger partial charge in [-0.15, -0.1) is 0 Å². The fourth-order valence-corrected chi connectivity index (χ4v) is 8.37. The summed E-state index contributed by atoms with van der Waals surface area (Å²) >= 11 is 28.6. The highest BCUT2D eigenvalue weighted by Gasteiger charge is 2.19. The van der Waals surface area contributed by atoms with Gasteiger partial charge in [0.1, 0.15) is 12.4 Å². The maximum atomic E-state index is 6.03. The van der Waals surface area contributed by atoms with E-state index in [9.17, 15) is 0 Å². The van der Waals surface area contributed by atoms with Crippen LogP contribution in [0, 0.1) is 0 Å². The van der Waals surface area contributed by atoms with Crippen LogP contribution in [0.5, 0.6) is 5.75 Å². The molecule has 0 radical (unpaired) electrons. The third kappa shape index (κ3) is 4.87. The number of ether oxygens (including phenoxy) is 1. The second-order valence-electron chi connectivity index (χ2n) is 4.33. The maximum Gasteiger partial charge on any atom is 0.148 e. The summed E-state index contributed by atoms with van der Waals surface area (Å²) in [6.07, 6.45) is 0. The van der Waals surface area contributed by atoms with Crippen molar-refractivity contribution >= 4 is 127 Å². The lowest BCUT2D eigenvalue weighted by molar-refractivity contribution is 0.300. The highest BCUT2D eigenvalue weighted by Crippen LogP contribution is 2.44. The van der Waals surface area contributed by atoms with E-state index in [4.69, 9.17) is 4.74 Å². The number of hydrogen-bond acceptors (Lipinski definition) is 1. The molecule has 0 fully saturated rings. The Bertz CT molecular complexity index is 707. The van der Waals surface area contributed by atoms with Crippen LogP contribution in [0.15, 0.2) is 43.4 Å². The van der Waals surface area contributed by atoms with E-state index < -0.39 is 0 Å². The van der Waals surface area contributed by atoms with Crippen LogP contribution in [-0.2, 0) is 11.9 Å². The minimum absolute atomic E-state index is 0.403. The molecule has 124 valence electrons. The Morgan fingerprint density at radius 2 is 1.13 bits per heavy atom. The Balaban J connectivity index is 2.39. The molecule has 0 bridgehead atoms. The summed E-state index contributed by atoms with van der Waals surface area (Å²) < 4.78 is 12.7. The molecule has 0 heterocycles. The Morgan fingerprint density at radius 1 is 0.696 bits per heavy atom. The van der Waals surface area contributed by atoms with Crippen LogP contribution in [0.25, 0.3) is 0 Å². The number of hydrogen-bond donors (Lipinski definition) is 0. The van der Waals surface area contributed by atoms with Crippen molar-refractivity contribution in [2.75, 3.05) is 0 Å². The van der Waals surface area contributed by atoms with Crippen molar-refractivity contribution in [3.05, 3.63) is 54.6 Å². The predicted molar refractivity (Wildman–Crippen MR) is 124 cm³/mol. The van der Waals surface area contributed by atoms with E-state index in [0.29, 0.717) is 6.61 Å². The molecular formula is C14H6Br8O. The summed E-state index contributed by atoms with van der Waals surface area (Å²) in [6, 6.07) is 3.90. The summed E-state index contributed by atoms with van der Waals surface area (Å²) in [6.45, 7) is 0.403. The summed E-state index contributed by atoms with van der Waals surface area (Å²) in [5.41, 5.74) is 2.13. The molecule has 0 spiro atoms. The molecule has 0 aliphatic rings. The highest BCUT2D eigenvalue weighted by molar-refractivity contribution is 9.14. The topological polar surface area (TPSA) is 9.23 Å². The first kappa shape index (κ1) is 21.4. The van der Waals surface area contributed by atoms with Crippen LogP contribution in [0.3, 0.4) is 0 Å². The average Bonchev–Trinajstić information content (AvgIpc) is 2.48. The molecule has 0 saturated heterocycles. The number of alkyl halides is 1. The quantitative estimate of drug-likeness (QED) is 0.221. The third-order valence-corrected chi connectivity index (χ3v) is 9.66. The van der Waals surface area contributed by atoms with Gasteiger partial charge in [-0.25, -0.2) is 0 Å². The highest BCUT2D eigenvalue weighted by atomic mass is 79.9. The van der Waals surface area contributed by atoms with Crippen LogP contribution >= 0.6 is 127 Å². The van der Waals surface area contributed by atoms with Crippen molar-refractivity contribution in [1.82, 2.24) is 0 Å². The number of benzene rings is 2. The van der Waals surface area contributed by atoms with Gasteiger partial charge in [-0.2, -0.15) is 0 Å². The maximum absolute atomic E-state index is 6.03. The molecule has 0 aliphatic heterocycles. The largest absolute Gasteiger partial charge is 0.486 e. The minimum Gasteiger partial charge on any atom is -0.486 e. The summed E-state index contributed by atoms with van der Waals surface area (Å²) in [4.78, 5) is 0. The first-order valence-corrected chi connectivity index (χ1v) is 12.6. The van der Waals surface area contributed by atoms with Crippen molar-refractivity contribution < 1.29 is 4.74 Å². The van der Waals surface area contributed by atoms with Gasteiger partial charge in [0.25, 0.3) is 0 Å². The first-order chi connectivity index (χ1) is 10.8. The van der Waals surface area contributed by atoms with E-state index >= 15 is 0 Å². The lowest BCUT2D eigenvalue weighted by Crippen LogP contribution is -2.02. The molecule has 0 aromatic heterocycles. The van der Waals surface area contributed by atoms with Gasteiger partial charge in [0, 0.05) is 33.3 Å². The number of rotatable bonds is 4. The van der Waals surface area contributed by atoms with E-state index in [1.54, 1.807) is 0 Å². The van der Waals surface area contributed by atoms with E-state index in [1.807, 2.05) is 12.1 Å². The van der Waals surface area contributed by atoms with Crippen molar-refractivity contribution in [1.29, 1.82) is 0 Å². The average molecular weight is 829 g/mol. The zero-order chi connectivity index (χ0) is 17.3. The van der Waals surface area contributed by atoms with E-state index in [1.165, 1.54) is 0 Å². The van der Waals surface area contributed by atoms with E-state index in [-0.39, 0.29) is 0 Å². The first-order valence-electron chi connectivity index (χ1n) is 5.94. The predicted octanol–water partition coefficient (Wildman–Crippen LogP) is 9.50. The molecule has 23 heavy (non-hydrogen) atoms. The summed E-state index contributed by atoms with van der Waals surface area (Å²) in [5, 5.41) is 0.732. The van der Waals surface area contributed by atoms with Crippen molar-refractivity contribution in [2.45, 2.75) is 11.9 Å². The monoisotopic (exact) mass is 821 g/mol. The smallest absolute Gasteiger partial charge is 0.148 e. The standard InChI is InChI=1S/C14H6Br8O/c15-3-6-10(19)12(21)7(13(22)11(6)20)4-23-14-8(17)1-5(16)2-9(14)18/h1-2H,3-4H2. The second-order valence-corrected chi connectivity index (χ2v) is 10.7. The molecule has 1 nitrogen and oxygen atoms in total. The number of halogens is 8. The molecule has 0 saturated carbocycles. The third-order valence-electron chi connectivity index (χ3n) is 2.90. The molecule has 0 N–H and O–H groups in total. The van der Waals surface area contributed by atoms with Crippen LogP contribution in [-0.4, -0.2) is 0 Å². The van der Waals surface area contributed by atoms with Crippen LogP contribution < -0.4 is 4.74 Å². The molecule has 9 heteroatoms. The van der Waals surface area contributed by atoms with E-state index in [2.05, 4.69) is 127 Å². The summed E-state index contributed by atoms with van der Waals surface area (Å²) in [7, 11) is 0. The SMILES string of the molecule is BrCc1c(Br)c(Br)c(COc2c(Br)cc(Br)cc2Br)c(Br)c1Br. The Labute approximate surface area is 201 Å². The minimum atomic E-state index is 0.403. The molecule has 0 atom stereocenters. The van der Waals surface area contributed by atoms with Crippen molar-refractivity contribution in [3.63, 3.8) is 0 Å². The van der Waals surface area contributed by atoms with Gasteiger partial charge < -0.3 is 4.74 Å². The summed E-state index contributed by atoms with van der Waals surface area (Å²) in [5.74, 6) is 0.754. The van der Waals surface area contributed by atoms with Gasteiger partial charge in [0.05, 0.1) is 8.95 Å². The Morgan fingerprint density at radius 3 is 1.57 bits per heavy atom. The van der Waals surface area contributed by atoms with Crippen LogP contribution in [0.4, 0.5) is 0 Å². The fraction of sp³-hybridized carbons (Fsp3) is 0.143. The van der Waals surface area contributed by atoms with Gasteiger partial charge in [-0.05, 0) is 113 Å². The molecular weight excluding hydrogens is 823 g/mol. The second kappa shape index (κ2) is 9.33. The van der Waals surface area contributed by atoms with Gasteiger partial charge in [-0.1, -0.05) is 31.9 Å². The van der Waals surface area contributed by atoms with Crippen molar-refractivity contribution in [3.8, 4) is 5.75 Å². The van der Waals surface area contributed by atoms with Crippen molar-refractivity contribution in [2.24, 2.45) is 0 Å². The lowest BCUT2D eigenvalue weighted by Gasteiger charge is -2.17. The van der Waals surface area contributed by atoms with Gasteiger partial charge >= 0.3 is 0 Å².